The molecule has 132 valence electrons. The molecule has 1 aromatic carbocycles. The third-order valence-electron chi connectivity index (χ3n) is 6.35. The van der Waals surface area contributed by atoms with Crippen LogP contribution in [0.4, 0.5) is 0 Å². The van der Waals surface area contributed by atoms with Crippen LogP contribution in [0.5, 0.6) is 5.75 Å². The number of hydrogen-bond acceptors (Lipinski definition) is 5. The molecule has 1 aromatic heterocycles. The van der Waals surface area contributed by atoms with Crippen molar-refractivity contribution in [1.82, 2.24) is 9.88 Å². The van der Waals surface area contributed by atoms with E-state index in [-0.39, 0.29) is 6.04 Å². The molecule has 2 bridgehead atoms. The van der Waals surface area contributed by atoms with Gasteiger partial charge in [0.25, 0.3) is 0 Å². The number of methoxy groups -OCH3 is 1. The zero-order valence-corrected chi connectivity index (χ0v) is 14.5. The van der Waals surface area contributed by atoms with E-state index in [2.05, 4.69) is 9.88 Å². The summed E-state index contributed by atoms with van der Waals surface area (Å²) in [6.45, 7) is 3.07. The van der Waals surface area contributed by atoms with Gasteiger partial charge < -0.3 is 14.6 Å². The maximum atomic E-state index is 11.2. The van der Waals surface area contributed by atoms with Gasteiger partial charge in [0.2, 0.25) is 0 Å². The lowest BCUT2D eigenvalue weighted by molar-refractivity contribution is -0.0612. The first-order valence-electron chi connectivity index (χ1n) is 9.21. The van der Waals surface area contributed by atoms with E-state index in [1.165, 1.54) is 6.42 Å². The van der Waals surface area contributed by atoms with E-state index in [1.807, 2.05) is 24.3 Å². The van der Waals surface area contributed by atoms with Gasteiger partial charge in [-0.3, -0.25) is 9.88 Å². The van der Waals surface area contributed by atoms with Gasteiger partial charge in [-0.05, 0) is 55.1 Å². The predicted molar refractivity (Wildman–Crippen MR) is 94.6 cm³/mol. The van der Waals surface area contributed by atoms with Crippen molar-refractivity contribution in [3.8, 4) is 5.75 Å². The molecule has 25 heavy (non-hydrogen) atoms. The molecular weight excluding hydrogens is 316 g/mol. The third kappa shape index (κ3) is 2.62. The lowest BCUT2D eigenvalue weighted by atomic mass is 9.72. The molecule has 6 atom stereocenters. The molecule has 0 aliphatic carbocycles. The van der Waals surface area contributed by atoms with E-state index in [0.29, 0.717) is 17.9 Å². The third-order valence-corrected chi connectivity index (χ3v) is 6.35. The molecule has 4 aliphatic rings. The van der Waals surface area contributed by atoms with Gasteiger partial charge >= 0.3 is 0 Å². The van der Waals surface area contributed by atoms with Crippen molar-refractivity contribution >= 4 is 10.9 Å². The predicted octanol–water partition coefficient (Wildman–Crippen LogP) is 2.39. The summed E-state index contributed by atoms with van der Waals surface area (Å²) in [6.07, 6.45) is 4.06. The van der Waals surface area contributed by atoms with E-state index in [9.17, 15) is 5.11 Å². The van der Waals surface area contributed by atoms with Crippen LogP contribution in [-0.4, -0.2) is 53.9 Å². The van der Waals surface area contributed by atoms with E-state index in [1.54, 1.807) is 13.3 Å². The zero-order valence-electron chi connectivity index (χ0n) is 14.5. The van der Waals surface area contributed by atoms with Crippen LogP contribution in [0, 0.1) is 11.8 Å². The summed E-state index contributed by atoms with van der Waals surface area (Å²) in [6, 6.07) is 8.00. The van der Waals surface area contributed by atoms with Crippen LogP contribution < -0.4 is 4.74 Å². The normalized spacial score (nSPS) is 34.9. The van der Waals surface area contributed by atoms with E-state index >= 15 is 0 Å². The molecule has 1 N–H and O–H groups in total. The maximum absolute atomic E-state index is 11.2. The van der Waals surface area contributed by atoms with Crippen LogP contribution >= 0.6 is 0 Å². The van der Waals surface area contributed by atoms with Gasteiger partial charge in [0.15, 0.2) is 0 Å². The summed E-state index contributed by atoms with van der Waals surface area (Å²) in [5.41, 5.74) is 1.86. The monoisotopic (exact) mass is 340 g/mol. The number of fused-ring (bicyclic) bond motifs is 4. The highest BCUT2D eigenvalue weighted by Gasteiger charge is 2.48. The molecule has 5 heterocycles. The van der Waals surface area contributed by atoms with E-state index in [0.717, 1.165) is 48.3 Å². The van der Waals surface area contributed by atoms with Crippen molar-refractivity contribution in [2.24, 2.45) is 11.8 Å². The Balaban J connectivity index is 1.46. The molecule has 5 heteroatoms. The Hall–Kier alpha value is -1.69. The molecule has 0 amide bonds. The van der Waals surface area contributed by atoms with E-state index < -0.39 is 6.10 Å². The van der Waals surface area contributed by atoms with E-state index in [4.69, 9.17) is 9.47 Å². The van der Waals surface area contributed by atoms with Crippen LogP contribution in [0.2, 0.25) is 0 Å². The Morgan fingerprint density at radius 1 is 1.36 bits per heavy atom. The van der Waals surface area contributed by atoms with Gasteiger partial charge in [0.1, 0.15) is 5.75 Å². The number of aliphatic hydroxyl groups excluding tert-OH is 1. The molecule has 0 radical (unpaired) electrons. The maximum Gasteiger partial charge on any atom is 0.119 e. The van der Waals surface area contributed by atoms with Gasteiger partial charge in [-0.1, -0.05) is 0 Å². The summed E-state index contributed by atoms with van der Waals surface area (Å²) in [4.78, 5) is 6.92. The van der Waals surface area contributed by atoms with Crippen LogP contribution in [0.25, 0.3) is 10.9 Å². The molecule has 4 saturated heterocycles. The number of benzene rings is 1. The van der Waals surface area contributed by atoms with Gasteiger partial charge in [-0.15, -0.1) is 0 Å². The summed E-state index contributed by atoms with van der Waals surface area (Å²) < 4.78 is 10.9. The molecule has 4 aliphatic heterocycles. The Morgan fingerprint density at radius 3 is 2.96 bits per heavy atom. The Kier molecular flexibility index (Phi) is 3.69. The van der Waals surface area contributed by atoms with Gasteiger partial charge in [-0.2, -0.15) is 0 Å². The van der Waals surface area contributed by atoms with Crippen LogP contribution in [0.3, 0.4) is 0 Å². The number of ether oxygens (including phenoxy) is 2. The highest BCUT2D eigenvalue weighted by Crippen LogP contribution is 2.45. The van der Waals surface area contributed by atoms with Crippen molar-refractivity contribution in [2.75, 3.05) is 26.8 Å². The van der Waals surface area contributed by atoms with Crippen molar-refractivity contribution in [1.29, 1.82) is 0 Å². The Labute approximate surface area is 147 Å². The summed E-state index contributed by atoms with van der Waals surface area (Å²) in [5.74, 6) is 2.14. The smallest absolute Gasteiger partial charge is 0.119 e. The summed E-state index contributed by atoms with van der Waals surface area (Å²) >= 11 is 0. The van der Waals surface area contributed by atoms with Crippen LogP contribution in [0.15, 0.2) is 30.5 Å². The molecule has 0 saturated carbocycles. The van der Waals surface area contributed by atoms with Crippen molar-refractivity contribution in [2.45, 2.75) is 31.1 Å². The SMILES string of the molecule is COc1ccc2nccc(C(O)[C@@H]3CC4CCN3C[C@@H]4C3CO3)c2c1. The number of epoxide rings is 1. The minimum Gasteiger partial charge on any atom is -0.497 e. The fourth-order valence-electron chi connectivity index (χ4n) is 4.90. The molecule has 6 rings (SSSR count). The van der Waals surface area contributed by atoms with Crippen LogP contribution in [-0.2, 0) is 4.74 Å². The molecule has 4 unspecified atom stereocenters. The zero-order chi connectivity index (χ0) is 17.0. The van der Waals surface area contributed by atoms with Gasteiger partial charge in [-0.25, -0.2) is 0 Å². The highest BCUT2D eigenvalue weighted by atomic mass is 16.6. The number of hydrogen-bond donors (Lipinski definition) is 1. The number of aromatic nitrogens is 1. The van der Waals surface area contributed by atoms with Crippen molar-refractivity contribution in [3.63, 3.8) is 0 Å². The number of nitrogens with zero attached hydrogens (tertiary/aromatic N) is 2. The quantitative estimate of drug-likeness (QED) is 0.866. The number of rotatable bonds is 4. The van der Waals surface area contributed by atoms with Crippen molar-refractivity contribution in [3.05, 3.63) is 36.0 Å². The standard InChI is InChI=1S/C20H24N2O3/c1-24-13-2-3-17-15(9-13)14(4-6-21-17)20(23)18-8-12-5-7-22(18)10-16(12)19-11-25-19/h2-4,6,9,12,16,18-20,23H,5,7-8,10-11H2,1H3/t12?,16-,18-,19?,20?/m0/s1. The van der Waals surface area contributed by atoms with Gasteiger partial charge in [0.05, 0.1) is 31.4 Å². The minimum absolute atomic E-state index is 0.186. The fourth-order valence-corrected chi connectivity index (χ4v) is 4.90. The summed E-state index contributed by atoms with van der Waals surface area (Å²) in [5, 5.41) is 12.2. The average Bonchev–Trinajstić information content (AvgIpc) is 3.52. The lowest BCUT2D eigenvalue weighted by Crippen LogP contribution is -2.56. The molecule has 0 spiro atoms. The second-order valence-corrected chi connectivity index (χ2v) is 7.61. The second-order valence-electron chi connectivity index (χ2n) is 7.61. The topological polar surface area (TPSA) is 58.1 Å². The first kappa shape index (κ1) is 15.6. The first-order valence-corrected chi connectivity index (χ1v) is 9.21. The lowest BCUT2D eigenvalue weighted by Gasteiger charge is -2.51. The number of piperidine rings is 3. The fraction of sp³-hybridized carbons (Fsp3) is 0.550. The van der Waals surface area contributed by atoms with Gasteiger partial charge in [0, 0.05) is 30.1 Å². The Bertz CT molecular complexity index is 792. The molecule has 2 aromatic rings. The molecule has 4 fully saturated rings. The summed E-state index contributed by atoms with van der Waals surface area (Å²) in [7, 11) is 1.67. The number of pyridine rings is 1. The number of aliphatic hydroxyl groups is 1. The van der Waals surface area contributed by atoms with Crippen molar-refractivity contribution < 1.29 is 14.6 Å². The largest absolute Gasteiger partial charge is 0.497 e. The highest BCUT2D eigenvalue weighted by molar-refractivity contribution is 5.83. The second kappa shape index (κ2) is 5.94. The molecular formula is C20H24N2O3. The average molecular weight is 340 g/mol. The minimum atomic E-state index is -0.499. The van der Waals surface area contributed by atoms with Crippen LogP contribution in [0.1, 0.15) is 24.5 Å². The first-order chi connectivity index (χ1) is 12.2. The Morgan fingerprint density at radius 2 is 2.24 bits per heavy atom. The molecule has 5 nitrogen and oxygen atoms in total.